The molecule has 0 N–H and O–H groups in total. The first-order valence-electron chi connectivity index (χ1n) is 4.00. The van der Waals surface area contributed by atoms with Crippen molar-refractivity contribution in [1.82, 2.24) is 0 Å². The molecule has 0 fully saturated rings. The maximum atomic E-state index is 5.29. The Kier molecular flexibility index (Phi) is 5.94. The Morgan fingerprint density at radius 3 is 2.36 bits per heavy atom. The van der Waals surface area contributed by atoms with Crippen molar-refractivity contribution < 1.29 is 4.74 Å². The van der Waals surface area contributed by atoms with Crippen LogP contribution >= 0.6 is 11.3 Å². The largest absolute Gasteiger partial charge is 0.493 e. The molecule has 0 aromatic carbocycles. The number of rotatable bonds is 2. The number of hydrogen-bond donors (Lipinski definition) is 0. The van der Waals surface area contributed by atoms with Crippen LogP contribution in [0.3, 0.4) is 0 Å². The van der Waals surface area contributed by atoms with Crippen LogP contribution in [0.15, 0.2) is 10.8 Å². The predicted octanol–water partition coefficient (Wildman–Crippen LogP) is 3.48. The summed E-state index contributed by atoms with van der Waals surface area (Å²) in [4.78, 5) is 0. The van der Waals surface area contributed by atoms with Crippen LogP contribution in [-0.2, 0) is 0 Å². The molecule has 0 aliphatic rings. The molecule has 0 aliphatic heterocycles. The quantitative estimate of drug-likeness (QED) is 0.663. The van der Waals surface area contributed by atoms with Crippen molar-refractivity contribution in [3.05, 3.63) is 16.3 Å². The van der Waals surface area contributed by atoms with Crippen LogP contribution in [0.4, 0.5) is 0 Å². The van der Waals surface area contributed by atoms with Gasteiger partial charge in [0.05, 0.1) is 6.61 Å². The van der Waals surface area contributed by atoms with Gasteiger partial charge in [-0.1, -0.05) is 13.8 Å². The van der Waals surface area contributed by atoms with Crippen molar-refractivity contribution in [2.45, 2.75) is 27.7 Å². The summed E-state index contributed by atoms with van der Waals surface area (Å²) in [5.74, 6) is 1.03. The lowest BCUT2D eigenvalue weighted by molar-refractivity contribution is 0.339. The summed E-state index contributed by atoms with van der Waals surface area (Å²) in [7, 11) is 0. The van der Waals surface area contributed by atoms with E-state index in [1.54, 1.807) is 11.3 Å². The van der Waals surface area contributed by atoms with E-state index in [2.05, 4.69) is 12.3 Å². The molecule has 0 radical (unpaired) electrons. The van der Waals surface area contributed by atoms with Gasteiger partial charge >= 0.3 is 0 Å². The molecule has 0 saturated carbocycles. The maximum Gasteiger partial charge on any atom is 0.132 e. The topological polar surface area (TPSA) is 9.23 Å². The van der Waals surface area contributed by atoms with Gasteiger partial charge in [0, 0.05) is 10.9 Å². The van der Waals surface area contributed by atoms with Crippen LogP contribution in [0.25, 0.3) is 0 Å². The normalized spacial score (nSPS) is 8.36. The van der Waals surface area contributed by atoms with Crippen LogP contribution in [-0.4, -0.2) is 6.61 Å². The highest BCUT2D eigenvalue weighted by Gasteiger charge is 1.95. The summed E-state index contributed by atoms with van der Waals surface area (Å²) in [6.07, 6.45) is 0. The van der Waals surface area contributed by atoms with Gasteiger partial charge in [0.2, 0.25) is 0 Å². The fourth-order valence-electron chi connectivity index (χ4n) is 0.652. The zero-order valence-corrected chi connectivity index (χ0v) is 8.49. The third-order valence-corrected chi connectivity index (χ3v) is 1.95. The number of hydrogen-bond acceptors (Lipinski definition) is 2. The van der Waals surface area contributed by atoms with E-state index in [0.29, 0.717) is 0 Å². The molecule has 0 amide bonds. The molecule has 0 bridgehead atoms. The predicted molar refractivity (Wildman–Crippen MR) is 51.6 cm³/mol. The molecule has 1 nitrogen and oxygen atoms in total. The molecule has 0 aliphatic carbocycles. The van der Waals surface area contributed by atoms with E-state index < -0.39 is 0 Å². The standard InChI is InChI=1S/C7H10OS.C2H6/c1-3-8-7-5-9-4-6(7)2;1-2/h4-5H,3H2,1-2H3;1-2H3. The van der Waals surface area contributed by atoms with Crippen LogP contribution in [0.1, 0.15) is 26.3 Å². The van der Waals surface area contributed by atoms with Crippen LogP contribution < -0.4 is 4.74 Å². The molecule has 1 rings (SSSR count). The minimum atomic E-state index is 0.761. The van der Waals surface area contributed by atoms with Crippen molar-refractivity contribution in [3.63, 3.8) is 0 Å². The lowest BCUT2D eigenvalue weighted by Crippen LogP contribution is -1.89. The average molecular weight is 172 g/mol. The first kappa shape index (κ1) is 10.5. The lowest BCUT2D eigenvalue weighted by Gasteiger charge is -1.98. The van der Waals surface area contributed by atoms with Gasteiger partial charge in [-0.25, -0.2) is 0 Å². The Hall–Kier alpha value is -0.500. The third-order valence-electron chi connectivity index (χ3n) is 1.11. The first-order valence-corrected chi connectivity index (χ1v) is 4.94. The molecular weight excluding hydrogens is 156 g/mol. The fourth-order valence-corrected chi connectivity index (χ4v) is 1.42. The minimum absolute atomic E-state index is 0.761. The first-order chi connectivity index (χ1) is 5.34. The van der Waals surface area contributed by atoms with Gasteiger partial charge in [0.15, 0.2) is 0 Å². The summed E-state index contributed by atoms with van der Waals surface area (Å²) in [6, 6.07) is 0. The van der Waals surface area contributed by atoms with E-state index in [-0.39, 0.29) is 0 Å². The molecule has 11 heavy (non-hydrogen) atoms. The van der Waals surface area contributed by atoms with Gasteiger partial charge < -0.3 is 4.74 Å². The van der Waals surface area contributed by atoms with Gasteiger partial charge in [0.25, 0.3) is 0 Å². The molecule has 0 atom stereocenters. The number of thiophene rings is 1. The Balaban J connectivity index is 0.000000461. The highest BCUT2D eigenvalue weighted by molar-refractivity contribution is 7.08. The molecule has 1 aromatic rings. The van der Waals surface area contributed by atoms with E-state index >= 15 is 0 Å². The van der Waals surface area contributed by atoms with Gasteiger partial charge in [-0.2, -0.15) is 0 Å². The third kappa shape index (κ3) is 3.42. The second-order valence-electron chi connectivity index (χ2n) is 1.85. The minimum Gasteiger partial charge on any atom is -0.493 e. The highest BCUT2D eigenvalue weighted by atomic mass is 32.1. The van der Waals surface area contributed by atoms with Crippen molar-refractivity contribution >= 4 is 11.3 Å². The van der Waals surface area contributed by atoms with E-state index in [9.17, 15) is 0 Å². The van der Waals surface area contributed by atoms with Crippen molar-refractivity contribution in [2.75, 3.05) is 6.61 Å². The summed E-state index contributed by atoms with van der Waals surface area (Å²) < 4.78 is 5.29. The number of aryl methyl sites for hydroxylation is 1. The Morgan fingerprint density at radius 1 is 1.36 bits per heavy atom. The van der Waals surface area contributed by atoms with Crippen molar-refractivity contribution in [1.29, 1.82) is 0 Å². The Morgan fingerprint density at radius 2 is 2.00 bits per heavy atom. The molecular formula is C9H16OS. The highest BCUT2D eigenvalue weighted by Crippen LogP contribution is 2.21. The van der Waals surface area contributed by atoms with E-state index in [4.69, 9.17) is 4.74 Å². The summed E-state index contributed by atoms with van der Waals surface area (Å²) >= 11 is 1.68. The molecule has 2 heteroatoms. The van der Waals surface area contributed by atoms with Crippen LogP contribution in [0, 0.1) is 6.92 Å². The second kappa shape index (κ2) is 6.23. The number of ether oxygens (including phenoxy) is 1. The summed E-state index contributed by atoms with van der Waals surface area (Å²) in [6.45, 7) is 8.82. The van der Waals surface area contributed by atoms with Gasteiger partial charge in [-0.15, -0.1) is 11.3 Å². The summed E-state index contributed by atoms with van der Waals surface area (Å²) in [5.41, 5.74) is 1.24. The van der Waals surface area contributed by atoms with E-state index in [0.717, 1.165) is 12.4 Å². The molecule has 1 aromatic heterocycles. The lowest BCUT2D eigenvalue weighted by atomic mass is 10.4. The summed E-state index contributed by atoms with van der Waals surface area (Å²) in [5, 5.41) is 4.11. The zero-order valence-electron chi connectivity index (χ0n) is 7.68. The average Bonchev–Trinajstić information content (AvgIpc) is 2.42. The van der Waals surface area contributed by atoms with Crippen molar-refractivity contribution in [2.24, 2.45) is 0 Å². The van der Waals surface area contributed by atoms with Crippen molar-refractivity contribution in [3.8, 4) is 5.75 Å². The molecule has 0 spiro atoms. The zero-order chi connectivity index (χ0) is 8.69. The fraction of sp³-hybridized carbons (Fsp3) is 0.556. The molecule has 64 valence electrons. The van der Waals surface area contributed by atoms with E-state index in [1.165, 1.54) is 5.56 Å². The monoisotopic (exact) mass is 172 g/mol. The second-order valence-corrected chi connectivity index (χ2v) is 2.60. The molecule has 0 saturated heterocycles. The molecule has 0 unspecified atom stereocenters. The van der Waals surface area contributed by atoms with Gasteiger partial charge in [0.1, 0.15) is 5.75 Å². The smallest absolute Gasteiger partial charge is 0.132 e. The van der Waals surface area contributed by atoms with Crippen LogP contribution in [0.2, 0.25) is 0 Å². The maximum absolute atomic E-state index is 5.29. The van der Waals surface area contributed by atoms with Gasteiger partial charge in [-0.05, 0) is 19.2 Å². The van der Waals surface area contributed by atoms with Crippen LogP contribution in [0.5, 0.6) is 5.75 Å². The Bertz CT molecular complexity index is 181. The SMILES string of the molecule is CC.CCOc1cscc1C. The van der Waals surface area contributed by atoms with Gasteiger partial charge in [-0.3, -0.25) is 0 Å². The Labute approximate surface area is 73.0 Å². The molecule has 1 heterocycles. The van der Waals surface area contributed by atoms with E-state index in [1.807, 2.05) is 26.2 Å².